The van der Waals surface area contributed by atoms with E-state index in [-0.39, 0.29) is 17.4 Å². The summed E-state index contributed by atoms with van der Waals surface area (Å²) in [5.41, 5.74) is 0.935. The van der Waals surface area contributed by atoms with Crippen LogP contribution in [0.4, 0.5) is 5.69 Å². The Bertz CT molecular complexity index is 836. The van der Waals surface area contributed by atoms with Crippen molar-refractivity contribution in [3.63, 3.8) is 0 Å². The number of esters is 1. The maximum absolute atomic E-state index is 11.8. The average molecular weight is 410 g/mol. The number of Topliss-reactive ketones (excluding diaryl/α,β-unsaturated/α-hetero) is 1. The largest absolute Gasteiger partial charge is 0.482 e. The summed E-state index contributed by atoms with van der Waals surface area (Å²) in [7, 11) is 0. The van der Waals surface area contributed by atoms with Gasteiger partial charge in [-0.05, 0) is 42.5 Å². The molecular weight excluding hydrogens is 393 g/mol. The predicted octanol–water partition coefficient (Wildman–Crippen LogP) is 4.15. The molecule has 0 saturated heterocycles. The quantitative estimate of drug-likeness (QED) is 0.523. The SMILES string of the molecule is CCC(=O)c1ccc(OCC(=O)OCC(=O)Nc2ccc(Cl)cc2Cl)cc1. The number of hydrogen-bond acceptors (Lipinski definition) is 5. The number of rotatable bonds is 8. The van der Waals surface area contributed by atoms with Crippen LogP contribution in [-0.4, -0.2) is 30.9 Å². The van der Waals surface area contributed by atoms with Gasteiger partial charge in [0.25, 0.3) is 5.91 Å². The van der Waals surface area contributed by atoms with E-state index in [1.807, 2.05) is 0 Å². The van der Waals surface area contributed by atoms with E-state index in [9.17, 15) is 14.4 Å². The minimum atomic E-state index is -0.707. The first-order valence-corrected chi connectivity index (χ1v) is 8.81. The molecule has 8 heteroatoms. The number of amides is 1. The number of benzene rings is 2. The normalized spacial score (nSPS) is 10.2. The zero-order valence-corrected chi connectivity index (χ0v) is 16.0. The van der Waals surface area contributed by atoms with Crippen LogP contribution in [0.5, 0.6) is 5.75 Å². The molecule has 1 N–H and O–H groups in total. The lowest BCUT2D eigenvalue weighted by molar-refractivity contribution is -0.149. The molecule has 0 heterocycles. The van der Waals surface area contributed by atoms with Gasteiger partial charge in [-0.3, -0.25) is 9.59 Å². The van der Waals surface area contributed by atoms with Crippen molar-refractivity contribution in [3.8, 4) is 5.75 Å². The lowest BCUT2D eigenvalue weighted by atomic mass is 10.1. The Balaban J connectivity index is 1.75. The average Bonchev–Trinajstić information content (AvgIpc) is 2.66. The number of ketones is 1. The molecule has 0 unspecified atom stereocenters. The lowest BCUT2D eigenvalue weighted by Crippen LogP contribution is -2.23. The second kappa shape index (κ2) is 9.94. The molecule has 0 radical (unpaired) electrons. The molecule has 2 aromatic rings. The number of halogens is 2. The van der Waals surface area contributed by atoms with E-state index in [2.05, 4.69) is 5.32 Å². The smallest absolute Gasteiger partial charge is 0.344 e. The Kier molecular flexibility index (Phi) is 7.64. The molecule has 0 bridgehead atoms. The highest BCUT2D eigenvalue weighted by Crippen LogP contribution is 2.25. The fraction of sp³-hybridized carbons (Fsp3) is 0.211. The molecule has 0 fully saturated rings. The molecule has 2 aromatic carbocycles. The molecule has 0 aliphatic heterocycles. The van der Waals surface area contributed by atoms with Gasteiger partial charge in [0.1, 0.15) is 5.75 Å². The van der Waals surface area contributed by atoms with Gasteiger partial charge in [0, 0.05) is 17.0 Å². The second-order valence-corrected chi connectivity index (χ2v) is 6.27. The molecule has 0 aliphatic carbocycles. The fourth-order valence-corrected chi connectivity index (χ4v) is 2.50. The van der Waals surface area contributed by atoms with Gasteiger partial charge in [-0.2, -0.15) is 0 Å². The summed E-state index contributed by atoms with van der Waals surface area (Å²) in [6.07, 6.45) is 0.413. The van der Waals surface area contributed by atoms with E-state index in [1.165, 1.54) is 6.07 Å². The highest BCUT2D eigenvalue weighted by molar-refractivity contribution is 6.36. The van der Waals surface area contributed by atoms with E-state index in [0.29, 0.717) is 28.4 Å². The zero-order chi connectivity index (χ0) is 19.8. The summed E-state index contributed by atoms with van der Waals surface area (Å²) in [6.45, 7) is 0.931. The van der Waals surface area contributed by atoms with Crippen molar-refractivity contribution in [3.05, 3.63) is 58.1 Å². The minimum Gasteiger partial charge on any atom is -0.482 e. The van der Waals surface area contributed by atoms with E-state index < -0.39 is 18.5 Å². The summed E-state index contributed by atoms with van der Waals surface area (Å²) in [5, 5.41) is 3.22. The highest BCUT2D eigenvalue weighted by atomic mass is 35.5. The summed E-state index contributed by atoms with van der Waals surface area (Å²) >= 11 is 11.7. The lowest BCUT2D eigenvalue weighted by Gasteiger charge is -2.09. The standard InChI is InChI=1S/C19H17Cl2NO5/c1-2-17(23)12-3-6-14(7-4-12)26-11-19(25)27-10-18(24)22-16-8-5-13(20)9-15(16)21/h3-9H,2,10-11H2,1H3,(H,22,24). The highest BCUT2D eigenvalue weighted by Gasteiger charge is 2.11. The molecule has 1 amide bonds. The van der Waals surface area contributed by atoms with Crippen LogP contribution in [0, 0.1) is 0 Å². The zero-order valence-electron chi connectivity index (χ0n) is 14.5. The Hall–Kier alpha value is -2.57. The van der Waals surface area contributed by atoms with Crippen LogP contribution in [0.15, 0.2) is 42.5 Å². The van der Waals surface area contributed by atoms with Gasteiger partial charge >= 0.3 is 5.97 Å². The van der Waals surface area contributed by atoms with Crippen molar-refractivity contribution in [1.29, 1.82) is 0 Å². The maximum Gasteiger partial charge on any atom is 0.344 e. The summed E-state index contributed by atoms with van der Waals surface area (Å²) in [5.74, 6) is -0.819. The number of ether oxygens (including phenoxy) is 2. The van der Waals surface area contributed by atoms with Crippen LogP contribution in [0.1, 0.15) is 23.7 Å². The number of nitrogens with one attached hydrogen (secondary N) is 1. The first kappa shape index (κ1) is 20.7. The summed E-state index contributed by atoms with van der Waals surface area (Å²) < 4.78 is 10.1. The Morgan fingerprint density at radius 3 is 2.33 bits per heavy atom. The number of carbonyl (C=O) groups excluding carboxylic acids is 3. The minimum absolute atomic E-state index is 0.0211. The Labute approximate surface area is 166 Å². The number of anilines is 1. The molecule has 0 aliphatic rings. The van der Waals surface area contributed by atoms with Crippen LogP contribution in [0.25, 0.3) is 0 Å². The molecule has 142 valence electrons. The van der Waals surface area contributed by atoms with E-state index >= 15 is 0 Å². The third kappa shape index (κ3) is 6.58. The number of hydrogen-bond donors (Lipinski definition) is 1. The summed E-state index contributed by atoms with van der Waals surface area (Å²) in [6, 6.07) is 11.0. The van der Waals surface area contributed by atoms with Crippen LogP contribution < -0.4 is 10.1 Å². The molecular formula is C19H17Cl2NO5. The van der Waals surface area contributed by atoms with Crippen LogP contribution in [0.2, 0.25) is 10.0 Å². The maximum atomic E-state index is 11.8. The van der Waals surface area contributed by atoms with Gasteiger partial charge in [0.15, 0.2) is 19.0 Å². The van der Waals surface area contributed by atoms with Crippen LogP contribution >= 0.6 is 23.2 Å². The van der Waals surface area contributed by atoms with E-state index in [0.717, 1.165) is 0 Å². The second-order valence-electron chi connectivity index (χ2n) is 5.42. The van der Waals surface area contributed by atoms with Gasteiger partial charge in [0.2, 0.25) is 0 Å². The van der Waals surface area contributed by atoms with Crippen molar-refractivity contribution < 1.29 is 23.9 Å². The molecule has 6 nitrogen and oxygen atoms in total. The van der Waals surface area contributed by atoms with Gasteiger partial charge in [-0.1, -0.05) is 30.1 Å². The van der Waals surface area contributed by atoms with Crippen LogP contribution in [-0.2, 0) is 14.3 Å². The van der Waals surface area contributed by atoms with Gasteiger partial charge in [0.05, 0.1) is 10.7 Å². The predicted molar refractivity (Wildman–Crippen MR) is 103 cm³/mol. The third-order valence-corrected chi connectivity index (χ3v) is 3.97. The van der Waals surface area contributed by atoms with Crippen molar-refractivity contribution >= 4 is 46.5 Å². The van der Waals surface area contributed by atoms with Gasteiger partial charge in [-0.15, -0.1) is 0 Å². The van der Waals surface area contributed by atoms with Crippen molar-refractivity contribution in [2.45, 2.75) is 13.3 Å². The molecule has 2 rings (SSSR count). The monoisotopic (exact) mass is 409 g/mol. The molecule has 0 atom stereocenters. The Morgan fingerprint density at radius 1 is 1.00 bits per heavy atom. The van der Waals surface area contributed by atoms with Crippen molar-refractivity contribution in [2.24, 2.45) is 0 Å². The van der Waals surface area contributed by atoms with E-state index in [4.69, 9.17) is 32.7 Å². The van der Waals surface area contributed by atoms with Gasteiger partial charge in [-0.25, -0.2) is 4.79 Å². The topological polar surface area (TPSA) is 81.7 Å². The summed E-state index contributed by atoms with van der Waals surface area (Å²) in [4.78, 5) is 35.0. The van der Waals surface area contributed by atoms with Crippen molar-refractivity contribution in [2.75, 3.05) is 18.5 Å². The third-order valence-electron chi connectivity index (χ3n) is 3.42. The molecule has 0 aromatic heterocycles. The van der Waals surface area contributed by atoms with Gasteiger partial charge < -0.3 is 14.8 Å². The number of carbonyl (C=O) groups is 3. The molecule has 0 saturated carbocycles. The first-order chi connectivity index (χ1) is 12.9. The Morgan fingerprint density at radius 2 is 1.70 bits per heavy atom. The van der Waals surface area contributed by atoms with E-state index in [1.54, 1.807) is 43.3 Å². The van der Waals surface area contributed by atoms with Crippen LogP contribution in [0.3, 0.4) is 0 Å². The van der Waals surface area contributed by atoms with Crippen molar-refractivity contribution in [1.82, 2.24) is 0 Å². The fourth-order valence-electron chi connectivity index (χ4n) is 2.05. The molecule has 0 spiro atoms. The first-order valence-electron chi connectivity index (χ1n) is 8.05. The molecule has 27 heavy (non-hydrogen) atoms.